The second-order valence-electron chi connectivity index (χ2n) is 5.96. The summed E-state index contributed by atoms with van der Waals surface area (Å²) in [7, 11) is 1.42. The molecule has 0 fully saturated rings. The van der Waals surface area contributed by atoms with Gasteiger partial charge in [0.05, 0.1) is 24.4 Å². The van der Waals surface area contributed by atoms with Crippen LogP contribution in [0.2, 0.25) is 5.02 Å². The van der Waals surface area contributed by atoms with Gasteiger partial charge in [-0.1, -0.05) is 27.5 Å². The Hall–Kier alpha value is -2.25. The molecular formula is C20H21BrClNO5. The molecule has 0 saturated heterocycles. The van der Waals surface area contributed by atoms with E-state index in [0.717, 1.165) is 15.6 Å². The molecule has 0 saturated carbocycles. The highest BCUT2D eigenvalue weighted by Crippen LogP contribution is 2.32. The summed E-state index contributed by atoms with van der Waals surface area (Å²) < 4.78 is 16.8. The summed E-state index contributed by atoms with van der Waals surface area (Å²) in [5, 5.41) is 2.85. The molecule has 8 heteroatoms. The summed E-state index contributed by atoms with van der Waals surface area (Å²) in [5.74, 6) is -0.0449. The molecule has 0 heterocycles. The van der Waals surface area contributed by atoms with Crippen LogP contribution in [0.4, 0.5) is 5.69 Å². The molecule has 1 amide bonds. The van der Waals surface area contributed by atoms with Gasteiger partial charge in [-0.15, -0.1) is 0 Å². The van der Waals surface area contributed by atoms with Crippen LogP contribution in [0, 0.1) is 13.8 Å². The first-order chi connectivity index (χ1) is 13.3. The molecule has 0 aliphatic heterocycles. The van der Waals surface area contributed by atoms with Gasteiger partial charge in [-0.05, 0) is 50.1 Å². The van der Waals surface area contributed by atoms with Crippen LogP contribution < -0.4 is 14.8 Å². The largest absolute Gasteiger partial charge is 0.496 e. The van der Waals surface area contributed by atoms with E-state index in [4.69, 9.17) is 25.8 Å². The van der Waals surface area contributed by atoms with Crippen LogP contribution in [0.3, 0.4) is 0 Å². The van der Waals surface area contributed by atoms with E-state index in [-0.39, 0.29) is 29.5 Å². The number of benzene rings is 2. The maximum Gasteiger partial charge on any atom is 0.341 e. The van der Waals surface area contributed by atoms with Crippen LogP contribution in [-0.4, -0.2) is 32.2 Å². The Morgan fingerprint density at radius 3 is 2.36 bits per heavy atom. The summed E-state index contributed by atoms with van der Waals surface area (Å²) in [6.45, 7) is 5.54. The van der Waals surface area contributed by atoms with Crippen molar-refractivity contribution in [3.8, 4) is 11.5 Å². The molecule has 0 atom stereocenters. The first kappa shape index (κ1) is 22.0. The summed E-state index contributed by atoms with van der Waals surface area (Å²) in [6, 6.07) is 6.70. The molecule has 2 aromatic rings. The predicted molar refractivity (Wildman–Crippen MR) is 112 cm³/mol. The van der Waals surface area contributed by atoms with Crippen molar-refractivity contribution in [1.29, 1.82) is 0 Å². The lowest BCUT2D eigenvalue weighted by atomic mass is 10.1. The molecule has 0 bridgehead atoms. The minimum absolute atomic E-state index is 0.185. The Balaban J connectivity index is 2.13. The van der Waals surface area contributed by atoms with E-state index in [1.54, 1.807) is 6.92 Å². The Kier molecular flexibility index (Phi) is 7.71. The van der Waals surface area contributed by atoms with Crippen LogP contribution in [0.1, 0.15) is 28.4 Å². The summed E-state index contributed by atoms with van der Waals surface area (Å²) >= 11 is 9.63. The van der Waals surface area contributed by atoms with E-state index in [1.807, 2.05) is 26.0 Å². The number of rotatable bonds is 7. The fourth-order valence-electron chi connectivity index (χ4n) is 2.64. The number of carbonyl (C=O) groups is 2. The topological polar surface area (TPSA) is 73.9 Å². The minimum Gasteiger partial charge on any atom is -0.496 e. The fourth-order valence-corrected chi connectivity index (χ4v) is 3.53. The fraction of sp³-hybridized carbons (Fsp3) is 0.300. The highest BCUT2D eigenvalue weighted by molar-refractivity contribution is 9.10. The van der Waals surface area contributed by atoms with Gasteiger partial charge in [0.25, 0.3) is 5.91 Å². The SMILES string of the molecule is CCOC(=O)c1cc(Cl)c(NC(=O)COc2c(C)cc(Br)cc2C)cc1OC. The number of aryl methyl sites for hydroxylation is 2. The Bertz CT molecular complexity index is 877. The van der Waals surface area contributed by atoms with Crippen molar-refractivity contribution in [2.75, 3.05) is 25.6 Å². The maximum atomic E-state index is 12.3. The van der Waals surface area contributed by atoms with Crippen molar-refractivity contribution in [3.63, 3.8) is 0 Å². The van der Waals surface area contributed by atoms with Gasteiger partial charge in [-0.2, -0.15) is 0 Å². The quantitative estimate of drug-likeness (QED) is 0.581. The zero-order chi connectivity index (χ0) is 20.8. The van der Waals surface area contributed by atoms with Gasteiger partial charge in [0.15, 0.2) is 6.61 Å². The van der Waals surface area contributed by atoms with E-state index in [2.05, 4.69) is 21.2 Å². The monoisotopic (exact) mass is 469 g/mol. The van der Waals surface area contributed by atoms with E-state index in [9.17, 15) is 9.59 Å². The predicted octanol–water partition coefficient (Wildman–Crippen LogP) is 4.92. The lowest BCUT2D eigenvalue weighted by molar-refractivity contribution is -0.118. The van der Waals surface area contributed by atoms with Crippen molar-refractivity contribution >= 4 is 45.1 Å². The third-order valence-electron chi connectivity index (χ3n) is 3.83. The summed E-state index contributed by atoms with van der Waals surface area (Å²) in [6.07, 6.45) is 0. The number of hydrogen-bond acceptors (Lipinski definition) is 5. The molecule has 2 aromatic carbocycles. The lowest BCUT2D eigenvalue weighted by Gasteiger charge is -2.15. The number of nitrogens with one attached hydrogen (secondary N) is 1. The Morgan fingerprint density at radius 2 is 1.79 bits per heavy atom. The molecule has 28 heavy (non-hydrogen) atoms. The third-order valence-corrected chi connectivity index (χ3v) is 4.60. The van der Waals surface area contributed by atoms with Crippen LogP contribution in [0.15, 0.2) is 28.7 Å². The molecule has 0 unspecified atom stereocenters. The number of anilines is 1. The van der Waals surface area contributed by atoms with Gasteiger partial charge in [0.2, 0.25) is 0 Å². The van der Waals surface area contributed by atoms with Crippen LogP contribution in [-0.2, 0) is 9.53 Å². The molecule has 0 radical (unpaired) electrons. The van der Waals surface area contributed by atoms with Gasteiger partial charge in [-0.3, -0.25) is 4.79 Å². The molecule has 0 aliphatic rings. The van der Waals surface area contributed by atoms with Gasteiger partial charge in [0.1, 0.15) is 17.1 Å². The molecule has 6 nitrogen and oxygen atoms in total. The highest BCUT2D eigenvalue weighted by Gasteiger charge is 2.18. The number of carbonyl (C=O) groups excluding carboxylic acids is 2. The number of esters is 1. The zero-order valence-corrected chi connectivity index (χ0v) is 18.4. The average Bonchev–Trinajstić information content (AvgIpc) is 2.62. The van der Waals surface area contributed by atoms with E-state index >= 15 is 0 Å². The van der Waals surface area contributed by atoms with Crippen molar-refractivity contribution in [1.82, 2.24) is 0 Å². The molecule has 2 rings (SSSR count). The average molecular weight is 471 g/mol. The number of hydrogen-bond donors (Lipinski definition) is 1. The Labute approximate surface area is 177 Å². The number of amides is 1. The molecule has 150 valence electrons. The number of ether oxygens (including phenoxy) is 3. The highest BCUT2D eigenvalue weighted by atomic mass is 79.9. The molecule has 1 N–H and O–H groups in total. The van der Waals surface area contributed by atoms with Gasteiger partial charge in [-0.25, -0.2) is 4.79 Å². The van der Waals surface area contributed by atoms with Crippen molar-refractivity contribution in [2.24, 2.45) is 0 Å². The van der Waals surface area contributed by atoms with Crippen LogP contribution in [0.5, 0.6) is 11.5 Å². The molecule has 0 aliphatic carbocycles. The van der Waals surface area contributed by atoms with Crippen molar-refractivity contribution in [3.05, 3.63) is 50.5 Å². The second-order valence-corrected chi connectivity index (χ2v) is 7.28. The molecule has 0 spiro atoms. The first-order valence-corrected chi connectivity index (χ1v) is 9.68. The van der Waals surface area contributed by atoms with Gasteiger partial charge >= 0.3 is 5.97 Å². The minimum atomic E-state index is -0.552. The number of methoxy groups -OCH3 is 1. The maximum absolute atomic E-state index is 12.3. The summed E-state index contributed by atoms with van der Waals surface area (Å²) in [4.78, 5) is 24.3. The zero-order valence-electron chi connectivity index (χ0n) is 16.0. The van der Waals surface area contributed by atoms with Gasteiger partial charge < -0.3 is 19.5 Å². The van der Waals surface area contributed by atoms with Crippen molar-refractivity contribution < 1.29 is 23.8 Å². The summed E-state index contributed by atoms with van der Waals surface area (Å²) in [5.41, 5.74) is 2.32. The molecular weight excluding hydrogens is 450 g/mol. The van der Waals surface area contributed by atoms with E-state index in [0.29, 0.717) is 11.4 Å². The first-order valence-electron chi connectivity index (χ1n) is 8.50. The van der Waals surface area contributed by atoms with Crippen molar-refractivity contribution in [2.45, 2.75) is 20.8 Å². The van der Waals surface area contributed by atoms with Gasteiger partial charge in [0, 0.05) is 10.5 Å². The van der Waals surface area contributed by atoms with E-state index in [1.165, 1.54) is 19.2 Å². The van der Waals surface area contributed by atoms with Crippen LogP contribution in [0.25, 0.3) is 0 Å². The normalized spacial score (nSPS) is 10.4. The number of halogens is 2. The second kappa shape index (κ2) is 9.80. The molecule has 0 aromatic heterocycles. The van der Waals surface area contributed by atoms with E-state index < -0.39 is 11.9 Å². The Morgan fingerprint density at radius 1 is 1.14 bits per heavy atom. The lowest BCUT2D eigenvalue weighted by Crippen LogP contribution is -2.21. The standard InChI is InChI=1S/C20H21BrClNO5/c1-5-27-20(25)14-8-15(22)16(9-17(14)26-4)23-18(24)10-28-19-11(2)6-13(21)7-12(19)3/h6-9H,5,10H2,1-4H3,(H,23,24). The van der Waals surface area contributed by atoms with Crippen LogP contribution >= 0.6 is 27.5 Å². The smallest absolute Gasteiger partial charge is 0.341 e. The third kappa shape index (κ3) is 5.39.